The smallest absolute Gasteiger partial charge is 0.273 e. The summed E-state index contributed by atoms with van der Waals surface area (Å²) in [6.07, 6.45) is 3.58. The number of carbonyl (C=O) groups excluding carboxylic acids is 1. The standard InChI is InChI=1S/C27H26N4O4/c1-19-3-2-4-22(11-19)16-31(15-20-7-9-28-10-8-20)17-23-13-24(30-35-23)27(32)29-14-21-5-6-25-26(12-21)34-18-33-25/h2-13H,14-18H2,1H3,(H,29,32). The van der Waals surface area contributed by atoms with Gasteiger partial charge in [-0.1, -0.05) is 41.1 Å². The molecule has 1 aliphatic heterocycles. The molecular weight excluding hydrogens is 444 g/mol. The largest absolute Gasteiger partial charge is 0.454 e. The molecule has 1 N–H and O–H groups in total. The molecule has 2 aromatic heterocycles. The van der Waals surface area contributed by atoms with Crippen LogP contribution in [-0.4, -0.2) is 27.7 Å². The van der Waals surface area contributed by atoms with Gasteiger partial charge in [-0.25, -0.2) is 0 Å². The van der Waals surface area contributed by atoms with E-state index in [1.807, 2.05) is 30.3 Å². The van der Waals surface area contributed by atoms with E-state index in [-0.39, 0.29) is 18.4 Å². The Kier molecular flexibility index (Phi) is 6.72. The van der Waals surface area contributed by atoms with Crippen LogP contribution in [0.25, 0.3) is 0 Å². The minimum atomic E-state index is -0.294. The molecule has 8 heteroatoms. The third kappa shape index (κ3) is 5.85. The zero-order valence-electron chi connectivity index (χ0n) is 19.4. The van der Waals surface area contributed by atoms with E-state index in [0.29, 0.717) is 36.9 Å². The zero-order chi connectivity index (χ0) is 24.0. The predicted molar refractivity (Wildman–Crippen MR) is 129 cm³/mol. The van der Waals surface area contributed by atoms with Crippen molar-refractivity contribution in [2.24, 2.45) is 0 Å². The lowest BCUT2D eigenvalue weighted by atomic mass is 10.1. The highest BCUT2D eigenvalue weighted by Gasteiger charge is 2.17. The third-order valence-electron chi connectivity index (χ3n) is 5.71. The number of amides is 1. The highest BCUT2D eigenvalue weighted by Crippen LogP contribution is 2.32. The van der Waals surface area contributed by atoms with Gasteiger partial charge in [-0.15, -0.1) is 0 Å². The SMILES string of the molecule is Cc1cccc(CN(Cc2ccncc2)Cc2cc(C(=O)NCc3ccc4c(c3)OCO4)no2)c1. The highest BCUT2D eigenvalue weighted by molar-refractivity contribution is 5.92. The molecule has 8 nitrogen and oxygen atoms in total. The van der Waals surface area contributed by atoms with Crippen molar-refractivity contribution in [2.45, 2.75) is 33.1 Å². The molecule has 4 aromatic rings. The molecule has 0 atom stereocenters. The first kappa shape index (κ1) is 22.6. The normalized spacial score (nSPS) is 12.2. The Bertz CT molecular complexity index is 1310. The maximum Gasteiger partial charge on any atom is 0.273 e. The van der Waals surface area contributed by atoms with E-state index in [1.54, 1.807) is 18.5 Å². The molecule has 35 heavy (non-hydrogen) atoms. The molecule has 3 heterocycles. The first-order valence-electron chi connectivity index (χ1n) is 11.4. The molecule has 5 rings (SSSR count). The van der Waals surface area contributed by atoms with Crippen molar-refractivity contribution in [1.29, 1.82) is 0 Å². The number of nitrogens with zero attached hydrogens (tertiary/aromatic N) is 3. The van der Waals surface area contributed by atoms with Crippen LogP contribution in [0.2, 0.25) is 0 Å². The van der Waals surface area contributed by atoms with Crippen LogP contribution in [-0.2, 0) is 26.2 Å². The molecule has 0 unspecified atom stereocenters. The predicted octanol–water partition coefficient (Wildman–Crippen LogP) is 4.24. The van der Waals surface area contributed by atoms with Crippen LogP contribution in [0.15, 0.2) is 77.6 Å². The second-order valence-electron chi connectivity index (χ2n) is 8.54. The van der Waals surface area contributed by atoms with Crippen molar-refractivity contribution in [3.8, 4) is 11.5 Å². The second kappa shape index (κ2) is 10.4. The molecule has 0 aliphatic carbocycles. The summed E-state index contributed by atoms with van der Waals surface area (Å²) in [6, 6.07) is 19.7. The van der Waals surface area contributed by atoms with Gasteiger partial charge in [0.2, 0.25) is 6.79 Å². The molecule has 2 aromatic carbocycles. The number of benzene rings is 2. The summed E-state index contributed by atoms with van der Waals surface area (Å²) in [5, 5.41) is 6.88. The van der Waals surface area contributed by atoms with E-state index in [1.165, 1.54) is 11.1 Å². The summed E-state index contributed by atoms with van der Waals surface area (Å²) in [5.74, 6) is 1.73. The second-order valence-corrected chi connectivity index (χ2v) is 8.54. The number of aromatic nitrogens is 2. The van der Waals surface area contributed by atoms with Crippen molar-refractivity contribution in [2.75, 3.05) is 6.79 Å². The fourth-order valence-corrected chi connectivity index (χ4v) is 4.02. The molecular formula is C27H26N4O4. The summed E-state index contributed by atoms with van der Waals surface area (Å²) < 4.78 is 16.2. The fraction of sp³-hybridized carbons (Fsp3) is 0.222. The van der Waals surface area contributed by atoms with Crippen LogP contribution >= 0.6 is 0 Å². The number of carbonyl (C=O) groups is 1. The number of hydrogen-bond donors (Lipinski definition) is 1. The van der Waals surface area contributed by atoms with Gasteiger partial charge in [0, 0.05) is 38.1 Å². The Morgan fingerprint density at radius 1 is 0.914 bits per heavy atom. The number of nitrogens with one attached hydrogen (secondary N) is 1. The number of pyridine rings is 1. The summed E-state index contributed by atoms with van der Waals surface area (Å²) in [6.45, 7) is 4.60. The molecule has 0 radical (unpaired) electrons. The lowest BCUT2D eigenvalue weighted by molar-refractivity contribution is 0.0941. The molecule has 178 valence electrons. The van der Waals surface area contributed by atoms with Crippen molar-refractivity contribution in [3.63, 3.8) is 0 Å². The number of ether oxygens (including phenoxy) is 2. The summed E-state index contributed by atoms with van der Waals surface area (Å²) in [7, 11) is 0. The van der Waals surface area contributed by atoms with Gasteiger partial charge in [-0.3, -0.25) is 14.7 Å². The minimum Gasteiger partial charge on any atom is -0.454 e. The maximum absolute atomic E-state index is 12.7. The van der Waals surface area contributed by atoms with Crippen LogP contribution in [0.3, 0.4) is 0 Å². The lowest BCUT2D eigenvalue weighted by Crippen LogP contribution is -2.23. The quantitative estimate of drug-likeness (QED) is 0.391. The van der Waals surface area contributed by atoms with Crippen LogP contribution < -0.4 is 14.8 Å². The molecule has 0 saturated heterocycles. The van der Waals surface area contributed by atoms with Crippen LogP contribution in [0.4, 0.5) is 0 Å². The van der Waals surface area contributed by atoms with Gasteiger partial charge in [-0.2, -0.15) is 0 Å². The van der Waals surface area contributed by atoms with Gasteiger partial charge in [0.25, 0.3) is 5.91 Å². The number of aryl methyl sites for hydroxylation is 1. The average Bonchev–Trinajstić information content (AvgIpc) is 3.52. The minimum absolute atomic E-state index is 0.217. The van der Waals surface area contributed by atoms with E-state index >= 15 is 0 Å². The van der Waals surface area contributed by atoms with Gasteiger partial charge < -0.3 is 19.3 Å². The van der Waals surface area contributed by atoms with Crippen molar-refractivity contribution in [1.82, 2.24) is 20.4 Å². The first-order chi connectivity index (χ1) is 17.1. The molecule has 0 spiro atoms. The van der Waals surface area contributed by atoms with Gasteiger partial charge in [0.1, 0.15) is 0 Å². The Hall–Kier alpha value is -4.17. The van der Waals surface area contributed by atoms with E-state index in [4.69, 9.17) is 14.0 Å². The third-order valence-corrected chi connectivity index (χ3v) is 5.71. The van der Waals surface area contributed by atoms with E-state index in [9.17, 15) is 4.79 Å². The Morgan fingerprint density at radius 3 is 2.60 bits per heavy atom. The molecule has 0 fully saturated rings. The van der Waals surface area contributed by atoms with Crippen molar-refractivity contribution in [3.05, 3.63) is 107 Å². The van der Waals surface area contributed by atoms with Crippen molar-refractivity contribution < 1.29 is 18.8 Å². The van der Waals surface area contributed by atoms with E-state index in [0.717, 1.165) is 17.7 Å². The topological polar surface area (TPSA) is 89.7 Å². The number of rotatable bonds is 9. The highest BCUT2D eigenvalue weighted by atomic mass is 16.7. The van der Waals surface area contributed by atoms with Gasteiger partial charge in [0.15, 0.2) is 23.0 Å². The fourth-order valence-electron chi connectivity index (χ4n) is 4.02. The zero-order valence-corrected chi connectivity index (χ0v) is 19.4. The summed E-state index contributed by atoms with van der Waals surface area (Å²) >= 11 is 0. The monoisotopic (exact) mass is 470 g/mol. The average molecular weight is 471 g/mol. The van der Waals surface area contributed by atoms with Gasteiger partial charge >= 0.3 is 0 Å². The first-order valence-corrected chi connectivity index (χ1v) is 11.4. The molecule has 1 aliphatic rings. The molecule has 1 amide bonds. The lowest BCUT2D eigenvalue weighted by Gasteiger charge is -2.21. The van der Waals surface area contributed by atoms with Crippen LogP contribution in [0.5, 0.6) is 11.5 Å². The molecule has 0 saturated carbocycles. The van der Waals surface area contributed by atoms with E-state index in [2.05, 4.69) is 51.5 Å². The van der Waals surface area contributed by atoms with E-state index < -0.39 is 0 Å². The summed E-state index contributed by atoms with van der Waals surface area (Å²) in [5.41, 5.74) is 4.73. The van der Waals surface area contributed by atoms with Crippen molar-refractivity contribution >= 4 is 5.91 Å². The molecule has 0 bridgehead atoms. The van der Waals surface area contributed by atoms with Gasteiger partial charge in [0.05, 0.1) is 6.54 Å². The Labute approximate surface area is 203 Å². The Balaban J connectivity index is 1.23. The van der Waals surface area contributed by atoms with Crippen LogP contribution in [0.1, 0.15) is 38.5 Å². The summed E-state index contributed by atoms with van der Waals surface area (Å²) in [4.78, 5) is 19.0. The number of fused-ring (bicyclic) bond motifs is 1. The Morgan fingerprint density at radius 2 is 1.74 bits per heavy atom. The maximum atomic E-state index is 12.7. The van der Waals surface area contributed by atoms with Gasteiger partial charge in [-0.05, 0) is 47.9 Å². The number of hydrogen-bond acceptors (Lipinski definition) is 7. The van der Waals surface area contributed by atoms with Crippen LogP contribution in [0, 0.1) is 6.92 Å².